The van der Waals surface area contributed by atoms with Crippen molar-refractivity contribution in [3.05, 3.63) is 82.5 Å². The minimum absolute atomic E-state index is 0.0908. The molecule has 1 aromatic heterocycles. The highest BCUT2D eigenvalue weighted by Crippen LogP contribution is 2.26. The Morgan fingerprint density at radius 2 is 1.93 bits per heavy atom. The van der Waals surface area contributed by atoms with Gasteiger partial charge in [0.05, 0.1) is 19.3 Å². The summed E-state index contributed by atoms with van der Waals surface area (Å²) in [5.41, 5.74) is 3.13. The van der Waals surface area contributed by atoms with Crippen LogP contribution in [-0.2, 0) is 16.1 Å². The molecule has 5 nitrogen and oxygen atoms in total. The van der Waals surface area contributed by atoms with E-state index in [1.807, 2.05) is 48.5 Å². The number of nitrogens with zero attached hydrogens (tertiary/aromatic N) is 3. The zero-order valence-electron chi connectivity index (χ0n) is 14.6. The van der Waals surface area contributed by atoms with Crippen LogP contribution in [0.1, 0.15) is 11.1 Å². The molecule has 3 rings (SSSR count). The zero-order valence-corrected chi connectivity index (χ0v) is 15.3. The lowest BCUT2D eigenvalue weighted by atomic mass is 10.1. The molecule has 0 fully saturated rings. The molecule has 0 aliphatic heterocycles. The van der Waals surface area contributed by atoms with Crippen molar-refractivity contribution in [1.29, 1.82) is 5.26 Å². The van der Waals surface area contributed by atoms with Gasteiger partial charge < -0.3 is 4.74 Å². The van der Waals surface area contributed by atoms with Crippen LogP contribution in [0, 0.1) is 11.3 Å². The van der Waals surface area contributed by atoms with Crippen LogP contribution in [0.5, 0.6) is 0 Å². The Bertz CT molecular complexity index is 1020. The lowest BCUT2D eigenvalue weighted by Crippen LogP contribution is -2.02. The molecule has 0 spiro atoms. The van der Waals surface area contributed by atoms with E-state index in [1.54, 1.807) is 23.0 Å². The van der Waals surface area contributed by atoms with E-state index >= 15 is 0 Å². The number of nitriles is 1. The van der Waals surface area contributed by atoms with Gasteiger partial charge >= 0.3 is 5.97 Å². The van der Waals surface area contributed by atoms with Crippen molar-refractivity contribution in [2.75, 3.05) is 7.11 Å². The van der Waals surface area contributed by atoms with Gasteiger partial charge in [-0.05, 0) is 23.8 Å². The zero-order chi connectivity index (χ0) is 19.2. The first kappa shape index (κ1) is 18.4. The summed E-state index contributed by atoms with van der Waals surface area (Å²) in [7, 11) is 1.24. The fourth-order valence-electron chi connectivity index (χ4n) is 2.63. The minimum atomic E-state index is -0.685. The second-order valence-electron chi connectivity index (χ2n) is 5.78. The van der Waals surface area contributed by atoms with Gasteiger partial charge in [0.15, 0.2) is 0 Å². The second kappa shape index (κ2) is 8.35. The maximum absolute atomic E-state index is 11.8. The first-order valence-corrected chi connectivity index (χ1v) is 8.56. The van der Waals surface area contributed by atoms with Crippen molar-refractivity contribution in [2.24, 2.45) is 0 Å². The van der Waals surface area contributed by atoms with Crippen molar-refractivity contribution in [3.63, 3.8) is 0 Å². The molecule has 0 aliphatic rings. The number of hydrogen-bond acceptors (Lipinski definition) is 4. The number of esters is 1. The van der Waals surface area contributed by atoms with E-state index in [0.29, 0.717) is 22.8 Å². The lowest BCUT2D eigenvalue weighted by Gasteiger charge is -2.01. The number of aromatic nitrogens is 2. The van der Waals surface area contributed by atoms with E-state index in [9.17, 15) is 10.1 Å². The molecular formula is C21H16ClN3O2. The SMILES string of the molecule is COC(=O)/C(C#N)=C/c1cn(Cc2ccccc2)nc1-c1ccc(Cl)cc1. The molecule has 0 N–H and O–H groups in total. The Morgan fingerprint density at radius 3 is 2.56 bits per heavy atom. The molecule has 0 saturated carbocycles. The van der Waals surface area contributed by atoms with Crippen LogP contribution >= 0.6 is 11.6 Å². The van der Waals surface area contributed by atoms with Crippen LogP contribution in [0.2, 0.25) is 5.02 Å². The number of rotatable bonds is 5. The van der Waals surface area contributed by atoms with Crippen LogP contribution in [0.15, 0.2) is 66.4 Å². The molecule has 0 bridgehead atoms. The van der Waals surface area contributed by atoms with Crippen LogP contribution in [-0.4, -0.2) is 22.9 Å². The van der Waals surface area contributed by atoms with Gasteiger partial charge in [-0.15, -0.1) is 0 Å². The standard InChI is InChI=1S/C21H16ClN3O2/c1-27-21(26)17(12-23)11-18-14-25(13-15-5-3-2-4-6-15)24-20(18)16-7-9-19(22)10-8-16/h2-11,14H,13H2,1H3/b17-11+. The fourth-order valence-corrected chi connectivity index (χ4v) is 2.75. The first-order valence-electron chi connectivity index (χ1n) is 8.18. The molecule has 27 heavy (non-hydrogen) atoms. The number of methoxy groups -OCH3 is 1. The van der Waals surface area contributed by atoms with Gasteiger partial charge in [0, 0.05) is 22.3 Å². The van der Waals surface area contributed by atoms with E-state index in [2.05, 4.69) is 9.84 Å². The first-order chi connectivity index (χ1) is 13.1. The predicted octanol–water partition coefficient (Wildman–Crippen LogP) is 4.33. The normalized spacial score (nSPS) is 11.1. The van der Waals surface area contributed by atoms with E-state index in [0.717, 1.165) is 11.1 Å². The van der Waals surface area contributed by atoms with E-state index in [-0.39, 0.29) is 5.57 Å². The summed E-state index contributed by atoms with van der Waals surface area (Å²) < 4.78 is 6.44. The Labute approximate surface area is 162 Å². The highest BCUT2D eigenvalue weighted by molar-refractivity contribution is 6.30. The van der Waals surface area contributed by atoms with E-state index < -0.39 is 5.97 Å². The predicted molar refractivity (Wildman–Crippen MR) is 104 cm³/mol. The number of carbonyl (C=O) groups excluding carboxylic acids is 1. The van der Waals surface area contributed by atoms with Gasteiger partial charge in [-0.25, -0.2) is 4.79 Å². The molecule has 0 unspecified atom stereocenters. The van der Waals surface area contributed by atoms with E-state index in [4.69, 9.17) is 11.6 Å². The highest BCUT2D eigenvalue weighted by Gasteiger charge is 2.15. The summed E-state index contributed by atoms with van der Waals surface area (Å²) in [6.07, 6.45) is 3.29. The third-order valence-electron chi connectivity index (χ3n) is 3.92. The molecule has 0 amide bonds. The maximum Gasteiger partial charge on any atom is 0.348 e. The number of hydrogen-bond donors (Lipinski definition) is 0. The maximum atomic E-state index is 11.8. The second-order valence-corrected chi connectivity index (χ2v) is 6.22. The Kier molecular flexibility index (Phi) is 5.70. The monoisotopic (exact) mass is 377 g/mol. The average Bonchev–Trinajstić information content (AvgIpc) is 3.09. The molecule has 3 aromatic rings. The van der Waals surface area contributed by atoms with Crippen molar-refractivity contribution >= 4 is 23.6 Å². The third-order valence-corrected chi connectivity index (χ3v) is 4.17. The summed E-state index contributed by atoms with van der Waals surface area (Å²) in [6.45, 7) is 0.565. The smallest absolute Gasteiger partial charge is 0.348 e. The Hall–Kier alpha value is -3.36. The summed E-state index contributed by atoms with van der Waals surface area (Å²) in [6, 6.07) is 19.0. The third kappa shape index (κ3) is 4.43. The van der Waals surface area contributed by atoms with Gasteiger partial charge in [-0.1, -0.05) is 54.1 Å². The molecule has 2 aromatic carbocycles. The molecule has 134 valence electrons. The number of halogens is 1. The molecular weight excluding hydrogens is 362 g/mol. The fraction of sp³-hybridized carbons (Fsp3) is 0.0952. The van der Waals surface area contributed by atoms with Crippen molar-refractivity contribution < 1.29 is 9.53 Å². The minimum Gasteiger partial charge on any atom is -0.465 e. The van der Waals surface area contributed by atoms with Crippen molar-refractivity contribution in [1.82, 2.24) is 9.78 Å². The largest absolute Gasteiger partial charge is 0.465 e. The lowest BCUT2D eigenvalue weighted by molar-refractivity contribution is -0.135. The van der Waals surface area contributed by atoms with E-state index in [1.165, 1.54) is 13.2 Å². The van der Waals surface area contributed by atoms with Crippen LogP contribution in [0.25, 0.3) is 17.3 Å². The molecule has 0 saturated heterocycles. The molecule has 6 heteroatoms. The molecule has 0 atom stereocenters. The summed E-state index contributed by atoms with van der Waals surface area (Å²) in [5, 5.41) is 14.5. The average molecular weight is 378 g/mol. The number of ether oxygens (including phenoxy) is 1. The van der Waals surface area contributed by atoms with Crippen molar-refractivity contribution in [2.45, 2.75) is 6.54 Å². The van der Waals surface area contributed by atoms with Crippen LogP contribution in [0.4, 0.5) is 0 Å². The molecule has 0 aliphatic carbocycles. The molecule has 0 radical (unpaired) electrons. The van der Waals surface area contributed by atoms with Gasteiger partial charge in [-0.3, -0.25) is 4.68 Å². The number of carbonyl (C=O) groups is 1. The van der Waals surface area contributed by atoms with Crippen LogP contribution in [0.3, 0.4) is 0 Å². The summed E-state index contributed by atoms with van der Waals surface area (Å²) in [5.74, 6) is -0.685. The van der Waals surface area contributed by atoms with Gasteiger partial charge in [0.25, 0.3) is 0 Å². The summed E-state index contributed by atoms with van der Waals surface area (Å²) >= 11 is 5.98. The Morgan fingerprint density at radius 1 is 1.22 bits per heavy atom. The highest BCUT2D eigenvalue weighted by atomic mass is 35.5. The van der Waals surface area contributed by atoms with Gasteiger partial charge in [0.1, 0.15) is 11.6 Å². The van der Waals surface area contributed by atoms with Crippen LogP contribution < -0.4 is 0 Å². The van der Waals surface area contributed by atoms with Gasteiger partial charge in [0.2, 0.25) is 0 Å². The quantitative estimate of drug-likeness (QED) is 0.377. The topological polar surface area (TPSA) is 67.9 Å². The van der Waals surface area contributed by atoms with Gasteiger partial charge in [-0.2, -0.15) is 10.4 Å². The molecule has 1 heterocycles. The number of benzene rings is 2. The Balaban J connectivity index is 2.06. The van der Waals surface area contributed by atoms with Crippen molar-refractivity contribution in [3.8, 4) is 17.3 Å². The summed E-state index contributed by atoms with van der Waals surface area (Å²) in [4.78, 5) is 11.8.